The molecule has 22 nitrogen and oxygen atoms in total. The number of aliphatic hydroxyl groups is 2. The Hall–Kier alpha value is -5.16. The van der Waals surface area contributed by atoms with E-state index in [1.54, 1.807) is 21.2 Å². The van der Waals surface area contributed by atoms with Crippen molar-refractivity contribution in [1.82, 2.24) is 29.8 Å². The summed E-state index contributed by atoms with van der Waals surface area (Å²) in [6.45, 7) is 8.65. The van der Waals surface area contributed by atoms with Gasteiger partial charge in [0.25, 0.3) is 5.91 Å². The van der Waals surface area contributed by atoms with Crippen molar-refractivity contribution in [2.75, 3.05) is 80.1 Å². The van der Waals surface area contributed by atoms with Crippen LogP contribution in [0.25, 0.3) is 23.2 Å². The van der Waals surface area contributed by atoms with E-state index in [4.69, 9.17) is 43.5 Å². The average molecular weight is 1290 g/mol. The van der Waals surface area contributed by atoms with Crippen LogP contribution >= 0.6 is 18.8 Å². The van der Waals surface area contributed by atoms with Crippen molar-refractivity contribution in [1.29, 1.82) is 0 Å². The number of piperidine rings is 1. The minimum Gasteiger partial charge on any atom is -0.693 e. The quantitative estimate of drug-likeness (QED) is 0.0356. The molecular formula is C52H72Cl2N12O10Pt. The van der Waals surface area contributed by atoms with Gasteiger partial charge in [0.1, 0.15) is 11.2 Å². The van der Waals surface area contributed by atoms with Gasteiger partial charge in [-0.05, 0) is 68.2 Å². The van der Waals surface area contributed by atoms with E-state index < -0.39 is 79.9 Å². The zero-order valence-corrected chi connectivity index (χ0v) is 48.7. The standard InChI is InChI=1S/C46H58N4O9.C6H10N6O.2ClH.2H2N.Pt/c1-8-42(54)23-28-24-45(40(52)57-6,36-30(17-21-49(25-28)26-42)29-13-10-11-14-33(29)47-36)32-16-15-31-34(35(32)56-5)48(4)38-44(31)19-22-50-20-12-18-43(9-2,37(44)50)39(59-27(3)51)46(38,55)41(53)58-7;1-12(2)11-10-6-4(5(7)13)8-3-9-6;;;;;/h10-16,18,28,37-39,47,54-55H,8-9,17,19-26H2,1-7H3;3H,1-2H3,(H2,7,13)(H,8,9);2*1H;2*1H2;/q;;;;2*-1;+4/p-2/t28-,37-,38+,39+,42-,43+,44+,45-,46-;;;;;;/m0....../s1. The van der Waals surface area contributed by atoms with Crippen molar-refractivity contribution in [3.05, 3.63) is 95.3 Å². The Morgan fingerprint density at radius 3 is 2.29 bits per heavy atom. The largest absolute Gasteiger partial charge is 0.693 e. The van der Waals surface area contributed by atoms with Gasteiger partial charge in [0, 0.05) is 93.3 Å². The van der Waals surface area contributed by atoms with Crippen molar-refractivity contribution in [2.24, 2.45) is 27.4 Å². The predicted molar refractivity (Wildman–Crippen MR) is 288 cm³/mol. The number of imidazole rings is 1. The van der Waals surface area contributed by atoms with Crippen LogP contribution in [-0.2, 0) is 62.3 Å². The molecule has 2 bridgehead atoms. The smallest absolute Gasteiger partial charge is 0.693 e. The van der Waals surface area contributed by atoms with Crippen LogP contribution in [0.15, 0.2) is 65.2 Å². The molecule has 5 aliphatic heterocycles. The molecule has 1 spiro atoms. The summed E-state index contributed by atoms with van der Waals surface area (Å²) >= 11 is -0.472. The number of methoxy groups -OCH3 is 3. The minimum atomic E-state index is -2.32. The number of rotatable bonds is 10. The Kier molecular flexibility index (Phi) is 18.8. The second-order valence-corrected chi connectivity index (χ2v) is 24.0. The number of nitrogens with one attached hydrogen (secondary N) is 2. The number of H-pyrrole nitrogens is 2. The topological polar surface area (TPSA) is 321 Å². The summed E-state index contributed by atoms with van der Waals surface area (Å²) < 4.78 is 24.1. The molecule has 1 unspecified atom stereocenters. The number of benzene rings is 2. The van der Waals surface area contributed by atoms with E-state index in [1.807, 2.05) is 50.1 Å². The van der Waals surface area contributed by atoms with Gasteiger partial charge in [0.15, 0.2) is 11.8 Å². The van der Waals surface area contributed by atoms with E-state index >= 15 is 4.79 Å². The van der Waals surface area contributed by atoms with E-state index in [0.717, 1.165) is 27.7 Å². The fraction of sp³-hybridized carbons (Fsp3) is 0.558. The number of nitrogens with two attached hydrogens (primary N) is 3. The van der Waals surface area contributed by atoms with Crippen LogP contribution in [0, 0.1) is 11.3 Å². The van der Waals surface area contributed by atoms with Gasteiger partial charge in [-0.25, -0.2) is 9.78 Å². The van der Waals surface area contributed by atoms with Gasteiger partial charge < -0.3 is 62.1 Å². The Bertz CT molecular complexity index is 2890. The third-order valence-corrected chi connectivity index (χ3v) is 16.8. The first-order valence-electron chi connectivity index (χ1n) is 25.0. The van der Waals surface area contributed by atoms with Gasteiger partial charge >= 0.3 is 53.2 Å². The first kappa shape index (κ1) is 61.1. The molecule has 10 atom stereocenters. The Morgan fingerprint density at radius 1 is 0.974 bits per heavy atom. The van der Waals surface area contributed by atoms with Crippen molar-refractivity contribution in [3.63, 3.8) is 0 Å². The number of para-hydroxylation sites is 1. The number of aromatic amines is 2. The third kappa shape index (κ3) is 9.83. The van der Waals surface area contributed by atoms with Gasteiger partial charge in [0.05, 0.1) is 45.0 Å². The van der Waals surface area contributed by atoms with E-state index in [9.17, 15) is 24.6 Å². The maximum Gasteiger partial charge on any atom is -0.693 e. The number of fused-ring (bicyclic) bond motifs is 6. The van der Waals surface area contributed by atoms with Crippen LogP contribution in [0.4, 0.5) is 11.5 Å². The number of hydrogen-bond acceptors (Lipinski definition) is 16. The molecule has 1 aliphatic carbocycles. The molecule has 2 saturated heterocycles. The number of halogens is 2. The first-order chi connectivity index (χ1) is 35.8. The van der Waals surface area contributed by atoms with Crippen molar-refractivity contribution in [2.45, 2.75) is 99.5 Å². The van der Waals surface area contributed by atoms with Crippen molar-refractivity contribution in [3.8, 4) is 5.75 Å². The fourth-order valence-corrected chi connectivity index (χ4v) is 14.3. The molecule has 6 aliphatic rings. The average Bonchev–Trinajstić information content (AvgIpc) is 4.25. The number of carbonyl (C=O) groups is 4. The van der Waals surface area contributed by atoms with Gasteiger partial charge in [-0.3, -0.25) is 29.2 Å². The summed E-state index contributed by atoms with van der Waals surface area (Å²) in [7, 11) is 19.3. The van der Waals surface area contributed by atoms with Crippen LogP contribution in [0.2, 0.25) is 0 Å². The summed E-state index contributed by atoms with van der Waals surface area (Å²) in [6.07, 6.45) is 7.30. The molecule has 10 rings (SSSR count). The molecule has 1 saturated carbocycles. The summed E-state index contributed by atoms with van der Waals surface area (Å²) in [4.78, 5) is 70.2. The van der Waals surface area contributed by atoms with Gasteiger partial charge in [0.2, 0.25) is 11.4 Å². The normalized spacial score (nSPS) is 30.4. The molecule has 1 amide bonds. The number of carbonyl (C=O) groups excluding carboxylic acids is 4. The molecule has 77 heavy (non-hydrogen) atoms. The Labute approximate surface area is 465 Å². The molecule has 0 radical (unpaired) electrons. The number of primary amides is 1. The Morgan fingerprint density at radius 2 is 1.66 bits per heavy atom. The van der Waals surface area contributed by atoms with Crippen LogP contribution in [0.5, 0.6) is 5.75 Å². The maximum absolute atomic E-state index is 15.2. The number of amides is 1. The molecule has 10 N–H and O–H groups in total. The number of nitrogens with zero attached hydrogens (tertiary/aromatic N) is 7. The van der Waals surface area contributed by atoms with Gasteiger partial charge in [-0.2, -0.15) is 0 Å². The molecule has 3 fully saturated rings. The van der Waals surface area contributed by atoms with E-state index in [1.165, 1.54) is 32.5 Å². The molecule has 25 heteroatoms. The van der Waals surface area contributed by atoms with Crippen molar-refractivity contribution < 1.29 is 64.8 Å². The molecule has 7 heterocycles. The van der Waals surface area contributed by atoms with Crippen LogP contribution in [-0.4, -0.2) is 168 Å². The van der Waals surface area contributed by atoms with E-state index in [0.29, 0.717) is 88.2 Å². The Balaban J connectivity index is 0.000000463. The number of hydrogen-bond donors (Lipinski definition) is 5. The second kappa shape index (κ2) is 23.7. The molecule has 4 aromatic rings. The minimum absolute atomic E-state index is 0. The van der Waals surface area contributed by atoms with Crippen molar-refractivity contribution >= 4 is 65.1 Å². The number of likely N-dealkylation sites (N-methyl/N-ethyl adjacent to an activating group) is 1. The van der Waals surface area contributed by atoms with Gasteiger partial charge in [-0.15, -0.1) is 5.11 Å². The summed E-state index contributed by atoms with van der Waals surface area (Å²) in [5.41, 5.74) is 3.51. The third-order valence-electron chi connectivity index (χ3n) is 16.8. The zero-order valence-electron chi connectivity index (χ0n) is 44.9. The molecular weight excluding hydrogens is 1220 g/mol. The summed E-state index contributed by atoms with van der Waals surface area (Å²) in [6, 6.07) is 11.0. The molecule has 2 aromatic heterocycles. The van der Waals surface area contributed by atoms with Crippen LogP contribution in [0.1, 0.15) is 85.7 Å². The zero-order chi connectivity index (χ0) is 54.4. The summed E-state index contributed by atoms with van der Waals surface area (Å²) in [5, 5.41) is 35.2. The molecule has 2 aromatic carbocycles. The number of anilines is 1. The van der Waals surface area contributed by atoms with Gasteiger partial charge in [-0.1, -0.05) is 61.6 Å². The predicted octanol–water partition coefficient (Wildman–Crippen LogP) is 6.87. The first-order valence-corrected chi connectivity index (χ1v) is 30.6. The number of ether oxygens (including phenoxy) is 4. The summed E-state index contributed by atoms with van der Waals surface area (Å²) in [5.74, 6) is -2.01. The monoisotopic (exact) mass is 1290 g/mol. The van der Waals surface area contributed by atoms with E-state index in [2.05, 4.69) is 59.4 Å². The van der Waals surface area contributed by atoms with Crippen LogP contribution in [0.3, 0.4) is 0 Å². The maximum atomic E-state index is 15.2. The SMILES string of the molecule is CC[C@]1(O)C[C@@H]2CN(CCc3c([nH]c4ccccc34)[C@@](C(=O)OC)(c3ccc4c(c3OC)N(C)[C@H]3[C@@](O)(C(=O)OC)[C@H](OC(C)=O)[C@]5(CC)C=CCN6CC[C@]43[C@@H]65)C2)C1.CN(C)N=Nc1nc[nH]c1C(N)=O.[Cl][Pt+2][Cl].[NH2-].[NH2-]. The van der Waals surface area contributed by atoms with Crippen LogP contribution < -0.4 is 15.4 Å². The number of esters is 3. The number of aromatic nitrogens is 3. The second-order valence-electron chi connectivity index (χ2n) is 20.7. The van der Waals surface area contributed by atoms with E-state index in [-0.39, 0.29) is 35.8 Å². The molecule has 424 valence electrons. The fourth-order valence-electron chi connectivity index (χ4n) is 14.3.